The fraction of sp³-hybridized carbons (Fsp3) is 0.333. The van der Waals surface area contributed by atoms with E-state index < -0.39 is 0 Å². The van der Waals surface area contributed by atoms with Gasteiger partial charge in [-0.3, -0.25) is 0 Å². The minimum atomic E-state index is 1.06. The third-order valence-electron chi connectivity index (χ3n) is 2.19. The number of rotatable bonds is 4. The molecule has 0 saturated heterocycles. The molecule has 0 saturated carbocycles. The molecule has 0 amide bonds. The predicted octanol–water partition coefficient (Wildman–Crippen LogP) is 3.32. The van der Waals surface area contributed by atoms with Crippen LogP contribution in [-0.4, -0.2) is 0 Å². The second kappa shape index (κ2) is 6.30. The molecule has 0 heterocycles. The summed E-state index contributed by atoms with van der Waals surface area (Å²) in [4.78, 5) is 0. The molecule has 0 aromatic carbocycles. The zero-order chi connectivity index (χ0) is 10.3. The molecular weight excluding hydrogens is 158 g/mol. The van der Waals surface area contributed by atoms with E-state index in [0.717, 1.165) is 12.0 Å². The second-order valence-corrected chi connectivity index (χ2v) is 2.98. The molecule has 0 fully saturated rings. The minimum absolute atomic E-state index is 1.06. The van der Waals surface area contributed by atoms with Gasteiger partial charge in [0, 0.05) is 6.20 Å². The van der Waals surface area contributed by atoms with Crippen LogP contribution in [0.4, 0.5) is 0 Å². The third kappa shape index (κ3) is 3.79. The Morgan fingerprint density at radius 2 is 2.00 bits per heavy atom. The molecule has 1 heteroatoms. The molecule has 0 aliphatic heterocycles. The predicted molar refractivity (Wildman–Crippen MR) is 60.3 cm³/mol. The van der Waals surface area contributed by atoms with E-state index in [9.17, 15) is 0 Å². The maximum Gasteiger partial charge on any atom is 0.00141 e. The fourth-order valence-electron chi connectivity index (χ4n) is 0.989. The van der Waals surface area contributed by atoms with Gasteiger partial charge in [-0.2, -0.15) is 0 Å². The molecule has 0 aromatic rings. The molecule has 1 nitrogen and oxygen atoms in total. The number of hydrogen-bond donors (Lipinski definition) is 1. The van der Waals surface area contributed by atoms with E-state index in [1.807, 2.05) is 12.2 Å². The largest absolute Gasteiger partial charge is 0.404 e. The van der Waals surface area contributed by atoms with E-state index in [4.69, 9.17) is 5.73 Å². The van der Waals surface area contributed by atoms with Gasteiger partial charge in [-0.25, -0.2) is 0 Å². The molecule has 2 N–H and O–H groups in total. The average Bonchev–Trinajstić information content (AvgIpc) is 2.17. The number of allylic oxidation sites excluding steroid dienone is 6. The molecule has 0 unspecified atom stereocenters. The molecule has 0 aliphatic carbocycles. The number of hydrogen-bond acceptors (Lipinski definition) is 1. The van der Waals surface area contributed by atoms with E-state index in [2.05, 4.69) is 27.4 Å². The zero-order valence-corrected chi connectivity index (χ0v) is 8.80. The van der Waals surface area contributed by atoms with E-state index >= 15 is 0 Å². The van der Waals surface area contributed by atoms with Crippen molar-refractivity contribution in [3.63, 3.8) is 0 Å². The number of nitrogens with two attached hydrogens (primary N) is 1. The SMILES string of the molecule is C=C\C=C/C(=C\N)C(/C)=C(\C)CC. The summed E-state index contributed by atoms with van der Waals surface area (Å²) < 4.78 is 0. The van der Waals surface area contributed by atoms with Crippen LogP contribution in [0.2, 0.25) is 0 Å². The minimum Gasteiger partial charge on any atom is -0.404 e. The van der Waals surface area contributed by atoms with E-state index in [1.54, 1.807) is 12.3 Å². The molecular formula is C12H19N. The first-order chi connectivity index (χ1) is 6.17. The van der Waals surface area contributed by atoms with Crippen molar-refractivity contribution >= 4 is 0 Å². The van der Waals surface area contributed by atoms with Gasteiger partial charge in [0.15, 0.2) is 0 Å². The molecule has 0 aromatic heterocycles. The molecule has 0 aliphatic rings. The van der Waals surface area contributed by atoms with Crippen LogP contribution < -0.4 is 5.73 Å². The standard InChI is InChI=1S/C12H19N/c1-5-7-8-12(9-13)11(4)10(3)6-2/h5,7-9H,1,6,13H2,2-4H3/b8-7-,11-10+,12-9+. The first-order valence-corrected chi connectivity index (χ1v) is 4.55. The zero-order valence-electron chi connectivity index (χ0n) is 8.80. The van der Waals surface area contributed by atoms with Gasteiger partial charge in [0.05, 0.1) is 0 Å². The van der Waals surface area contributed by atoms with Crippen LogP contribution in [0.15, 0.2) is 47.7 Å². The molecule has 0 atom stereocenters. The van der Waals surface area contributed by atoms with Gasteiger partial charge in [0.25, 0.3) is 0 Å². The van der Waals surface area contributed by atoms with E-state index in [-0.39, 0.29) is 0 Å². The lowest BCUT2D eigenvalue weighted by atomic mass is 10.0. The van der Waals surface area contributed by atoms with Crippen LogP contribution in [-0.2, 0) is 0 Å². The summed E-state index contributed by atoms with van der Waals surface area (Å²) in [5.41, 5.74) is 9.21. The lowest BCUT2D eigenvalue weighted by Gasteiger charge is -2.05. The smallest absolute Gasteiger partial charge is 0.00141 e. The summed E-state index contributed by atoms with van der Waals surface area (Å²) >= 11 is 0. The van der Waals surface area contributed by atoms with E-state index in [1.165, 1.54) is 11.1 Å². The molecule has 72 valence electrons. The van der Waals surface area contributed by atoms with Gasteiger partial charge in [0.2, 0.25) is 0 Å². The third-order valence-corrected chi connectivity index (χ3v) is 2.19. The second-order valence-electron chi connectivity index (χ2n) is 2.98. The van der Waals surface area contributed by atoms with Crippen molar-refractivity contribution < 1.29 is 0 Å². The Morgan fingerprint density at radius 3 is 2.38 bits per heavy atom. The molecule has 0 rings (SSSR count). The van der Waals surface area contributed by atoms with Crippen molar-refractivity contribution in [1.82, 2.24) is 0 Å². The van der Waals surface area contributed by atoms with Crippen LogP contribution in [0, 0.1) is 0 Å². The summed E-state index contributed by atoms with van der Waals surface area (Å²) in [5.74, 6) is 0. The maximum absolute atomic E-state index is 5.53. The Bertz CT molecular complexity index is 254. The van der Waals surface area contributed by atoms with Crippen LogP contribution in [0.1, 0.15) is 27.2 Å². The van der Waals surface area contributed by atoms with Gasteiger partial charge >= 0.3 is 0 Å². The van der Waals surface area contributed by atoms with Crippen molar-refractivity contribution in [2.45, 2.75) is 27.2 Å². The van der Waals surface area contributed by atoms with E-state index in [0.29, 0.717) is 0 Å². The first kappa shape index (κ1) is 11.8. The quantitative estimate of drug-likeness (QED) is 0.655. The van der Waals surface area contributed by atoms with Crippen molar-refractivity contribution in [3.8, 4) is 0 Å². The van der Waals surface area contributed by atoms with Gasteiger partial charge in [0.1, 0.15) is 0 Å². The van der Waals surface area contributed by atoms with Crippen LogP contribution in [0.3, 0.4) is 0 Å². The van der Waals surface area contributed by atoms with Gasteiger partial charge < -0.3 is 5.73 Å². The Labute approximate surface area is 81.3 Å². The summed E-state index contributed by atoms with van der Waals surface area (Å²) in [6, 6.07) is 0. The summed E-state index contributed by atoms with van der Waals surface area (Å²) in [6.45, 7) is 9.98. The van der Waals surface area contributed by atoms with Crippen LogP contribution in [0.5, 0.6) is 0 Å². The highest BCUT2D eigenvalue weighted by molar-refractivity contribution is 5.41. The monoisotopic (exact) mass is 177 g/mol. The van der Waals surface area contributed by atoms with Gasteiger partial charge in [-0.05, 0) is 31.4 Å². The molecule has 0 bridgehead atoms. The Balaban J connectivity index is 4.80. The molecule has 0 spiro atoms. The fourth-order valence-corrected chi connectivity index (χ4v) is 0.989. The maximum atomic E-state index is 5.53. The normalized spacial score (nSPS) is 14.5. The summed E-state index contributed by atoms with van der Waals surface area (Å²) in [7, 11) is 0. The van der Waals surface area contributed by atoms with Crippen LogP contribution >= 0.6 is 0 Å². The lowest BCUT2D eigenvalue weighted by Crippen LogP contribution is -1.91. The van der Waals surface area contributed by atoms with Crippen molar-refractivity contribution in [1.29, 1.82) is 0 Å². The van der Waals surface area contributed by atoms with Crippen molar-refractivity contribution in [2.24, 2.45) is 5.73 Å². The summed E-state index contributed by atoms with van der Waals surface area (Å²) in [5, 5.41) is 0. The highest BCUT2D eigenvalue weighted by atomic mass is 14.5. The Kier molecular flexibility index (Phi) is 5.69. The Morgan fingerprint density at radius 1 is 1.38 bits per heavy atom. The van der Waals surface area contributed by atoms with Crippen LogP contribution in [0.25, 0.3) is 0 Å². The topological polar surface area (TPSA) is 26.0 Å². The molecule has 13 heavy (non-hydrogen) atoms. The summed E-state index contributed by atoms with van der Waals surface area (Å²) in [6.07, 6.45) is 8.31. The average molecular weight is 177 g/mol. The Hall–Kier alpha value is -1.24. The lowest BCUT2D eigenvalue weighted by molar-refractivity contribution is 1.06. The molecule has 0 radical (unpaired) electrons. The highest BCUT2D eigenvalue weighted by Crippen LogP contribution is 2.16. The first-order valence-electron chi connectivity index (χ1n) is 4.55. The van der Waals surface area contributed by atoms with Gasteiger partial charge in [-0.1, -0.05) is 37.3 Å². The van der Waals surface area contributed by atoms with Gasteiger partial charge in [-0.15, -0.1) is 0 Å². The van der Waals surface area contributed by atoms with Crippen molar-refractivity contribution in [2.75, 3.05) is 0 Å². The van der Waals surface area contributed by atoms with Crippen molar-refractivity contribution in [3.05, 3.63) is 47.7 Å². The highest BCUT2D eigenvalue weighted by Gasteiger charge is 1.97.